The van der Waals surface area contributed by atoms with Crippen LogP contribution in [0.15, 0.2) is 63.5 Å². The van der Waals surface area contributed by atoms with Crippen LogP contribution in [0.25, 0.3) is 84.3 Å². The number of rotatable bonds is 0. The molecule has 0 radical (unpaired) electrons. The molecular formula is C55H34Br2ClIN16. The van der Waals surface area contributed by atoms with Gasteiger partial charge in [0.05, 0.1) is 101 Å². The summed E-state index contributed by atoms with van der Waals surface area (Å²) in [6.45, 7) is 60.3. The lowest BCUT2D eigenvalue weighted by Crippen LogP contribution is -2.19. The van der Waals surface area contributed by atoms with E-state index in [4.69, 9.17) is 106 Å². The van der Waals surface area contributed by atoms with Crippen LogP contribution in [-0.4, -0.2) is 0 Å². The van der Waals surface area contributed by atoms with Crippen molar-refractivity contribution in [1.82, 2.24) is 0 Å². The summed E-state index contributed by atoms with van der Waals surface area (Å²) in [7, 11) is 0. The fourth-order valence-electron chi connectivity index (χ4n) is 5.38. The van der Waals surface area contributed by atoms with Crippen molar-refractivity contribution in [1.29, 1.82) is 42.1 Å². The van der Waals surface area contributed by atoms with Crippen LogP contribution in [0.4, 0.5) is 0 Å². The quantitative estimate of drug-likeness (QED) is 0.121. The van der Waals surface area contributed by atoms with Crippen LogP contribution >= 0.6 is 66.1 Å². The third kappa shape index (κ3) is 18.4. The van der Waals surface area contributed by atoms with E-state index in [2.05, 4.69) is 70.6 Å². The van der Waals surface area contributed by atoms with Crippen molar-refractivity contribution in [3.05, 3.63) is 222 Å². The van der Waals surface area contributed by atoms with Gasteiger partial charge in [-0.2, -0.15) is 0 Å². The van der Waals surface area contributed by atoms with E-state index in [1.807, 2.05) is 46.9 Å². The molecule has 0 amide bonds. The molecule has 0 aliphatic carbocycles. The zero-order valence-electron chi connectivity index (χ0n) is 36.4. The van der Waals surface area contributed by atoms with Gasteiger partial charge in [0.2, 0.25) is 0 Å². The minimum absolute atomic E-state index is 0. The Balaban J connectivity index is -0.000000440. The summed E-state index contributed by atoms with van der Waals surface area (Å²) in [6, 6.07) is 28.6. The number of aryl methyl sites for hydroxylation is 3. The van der Waals surface area contributed by atoms with Crippen LogP contribution in [0.1, 0.15) is 46.4 Å². The predicted octanol–water partition coefficient (Wildman–Crippen LogP) is 9.41. The molecule has 4 aromatic carbocycles. The molecule has 75 heavy (non-hydrogen) atoms. The monoisotopic (exact) mass is 1240 g/mol. The predicted molar refractivity (Wildman–Crippen MR) is 302 cm³/mol. The van der Waals surface area contributed by atoms with Crippen LogP contribution in [0.5, 0.6) is 0 Å². The van der Waals surface area contributed by atoms with Gasteiger partial charge in [0.1, 0.15) is 0 Å². The Kier molecular flexibility index (Phi) is 33.9. The molecule has 0 aromatic heterocycles. The molecule has 0 atom stereocenters. The van der Waals surface area contributed by atoms with Crippen molar-refractivity contribution >= 4 is 112 Å². The first kappa shape index (κ1) is 71.2. The number of halogens is 4. The lowest BCUT2D eigenvalue weighted by atomic mass is 10.1. The first-order valence-electron chi connectivity index (χ1n) is 18.3. The highest BCUT2D eigenvalue weighted by Crippen LogP contribution is 2.08. The Morgan fingerprint density at radius 1 is 0.387 bits per heavy atom. The molecule has 0 N–H and O–H groups in total. The van der Waals surface area contributed by atoms with E-state index in [1.165, 1.54) is 12.1 Å². The van der Waals surface area contributed by atoms with Crippen molar-refractivity contribution in [2.75, 3.05) is 0 Å². The van der Waals surface area contributed by atoms with Gasteiger partial charge in [0.15, 0.2) is 0 Å². The third-order valence-corrected chi connectivity index (χ3v) is 11.2. The standard InChI is InChI=1S/C13H5BrN4.C13H5ClN4.C13H5IN4.C12H3BrN4.4CH4/c3*1-8-4-10(13(7-16)18-3)11(14)5-9(8)12(6-15)17-2;1-16-11(6-14)8-3-4-9(10(13)5-8)12(7-15)17-2;;;;/h3*4-5H,1H3;3-5H;4*1H4/b3*12-9+,13-10-;11-8+,12-9+;;;;. The van der Waals surface area contributed by atoms with Gasteiger partial charge in [-0.05, 0) is 70.3 Å². The number of nitriles is 8. The van der Waals surface area contributed by atoms with Crippen LogP contribution in [0.2, 0.25) is 5.02 Å². The summed E-state index contributed by atoms with van der Waals surface area (Å²) in [6.07, 6.45) is 0. The highest BCUT2D eigenvalue weighted by atomic mass is 127. The maximum atomic E-state index is 8.86. The molecule has 0 unspecified atom stereocenters. The SMILES string of the molecule is C.C.C.C.[C-]#[N+]/C(C#N)=c1/cc(C)/c(=C(\C#N)[N+]#[C-])cc1Br.[C-]#[N+]/C(C#N)=c1/cc(C)/c(=C(\C#N)[N+]#[C-])cc1Cl.[C-]#[N+]/C(C#N)=c1/cc(C)/c(=C(\C#N)[N+]#[C-])cc1I.[C-]#[N+]/C(C#N)=c1\cc/c(=C(/C#N)[N+]#[C-])c(Br)c1. The van der Waals surface area contributed by atoms with Crippen molar-refractivity contribution in [3.63, 3.8) is 0 Å². The van der Waals surface area contributed by atoms with Gasteiger partial charge >= 0.3 is 0 Å². The van der Waals surface area contributed by atoms with Gasteiger partial charge in [-0.3, -0.25) is 0 Å². The second-order valence-electron chi connectivity index (χ2n) is 12.7. The minimum atomic E-state index is -0.115. The molecule has 362 valence electrons. The second-order valence-corrected chi connectivity index (χ2v) is 16.0. The Labute approximate surface area is 471 Å². The molecule has 0 saturated heterocycles. The fourth-order valence-corrected chi connectivity index (χ4v) is 7.45. The summed E-state index contributed by atoms with van der Waals surface area (Å²) in [5.41, 5.74) is 1.74. The largest absolute Gasteiger partial charge is 0.270 e. The van der Waals surface area contributed by atoms with Crippen LogP contribution in [0, 0.1) is 168 Å². The van der Waals surface area contributed by atoms with E-state index in [0.717, 1.165) is 0 Å². The smallest absolute Gasteiger partial charge is 0.226 e. The fraction of sp³-hybridized carbons (Fsp3) is 0.127. The molecule has 0 bridgehead atoms. The highest BCUT2D eigenvalue weighted by molar-refractivity contribution is 14.1. The lowest BCUT2D eigenvalue weighted by molar-refractivity contribution is 1.34. The average Bonchev–Trinajstić information content (AvgIpc) is 3.37. The van der Waals surface area contributed by atoms with Crippen molar-refractivity contribution < 1.29 is 0 Å². The van der Waals surface area contributed by atoms with Crippen LogP contribution in [-0.2, 0) is 0 Å². The Morgan fingerprint density at radius 3 is 1.03 bits per heavy atom. The lowest BCUT2D eigenvalue weighted by Gasteiger charge is -1.99. The highest BCUT2D eigenvalue weighted by Gasteiger charge is 2.08. The van der Waals surface area contributed by atoms with Crippen molar-refractivity contribution in [3.8, 4) is 48.6 Å². The molecule has 4 rings (SSSR count). The van der Waals surface area contributed by atoms with Crippen LogP contribution < -0.4 is 41.7 Å². The number of benzene rings is 4. The molecule has 0 aliphatic rings. The van der Waals surface area contributed by atoms with E-state index in [-0.39, 0.29) is 80.3 Å². The molecule has 0 saturated carbocycles. The van der Waals surface area contributed by atoms with Gasteiger partial charge in [0, 0.05) is 38.4 Å². The first-order chi connectivity index (χ1) is 33.9. The third-order valence-electron chi connectivity index (χ3n) is 8.71. The molecule has 20 heteroatoms. The Bertz CT molecular complexity index is 3570. The molecular weight excluding hydrogens is 1210 g/mol. The maximum Gasteiger partial charge on any atom is 0.270 e. The Morgan fingerprint density at radius 2 is 0.667 bits per heavy atom. The summed E-state index contributed by atoms with van der Waals surface area (Å²) >= 11 is 14.4. The molecule has 4 aromatic rings. The van der Waals surface area contributed by atoms with Crippen molar-refractivity contribution in [2.24, 2.45) is 0 Å². The summed E-state index contributed by atoms with van der Waals surface area (Å²) in [5.74, 6) is 0. The summed E-state index contributed by atoms with van der Waals surface area (Å²) < 4.78 is 1.71. The molecule has 16 nitrogen and oxygen atoms in total. The van der Waals surface area contributed by atoms with Crippen LogP contribution in [0.3, 0.4) is 0 Å². The minimum Gasteiger partial charge on any atom is -0.226 e. The van der Waals surface area contributed by atoms with E-state index in [0.29, 0.717) is 71.0 Å². The number of hydrogen-bond donors (Lipinski definition) is 0. The zero-order chi connectivity index (χ0) is 54.0. The van der Waals surface area contributed by atoms with E-state index >= 15 is 0 Å². The number of nitrogens with zero attached hydrogens (tertiary/aromatic N) is 16. The first-order valence-corrected chi connectivity index (χ1v) is 21.4. The van der Waals surface area contributed by atoms with Crippen molar-refractivity contribution in [2.45, 2.75) is 50.5 Å². The van der Waals surface area contributed by atoms with Gasteiger partial charge in [-0.25, -0.2) is 80.9 Å². The summed E-state index contributed by atoms with van der Waals surface area (Å²) in [5, 5.41) is 74.4. The topological polar surface area (TPSA) is 225 Å². The molecule has 0 fully saturated rings. The number of hydrogen-bond acceptors (Lipinski definition) is 8. The van der Waals surface area contributed by atoms with E-state index in [9.17, 15) is 0 Å². The van der Waals surface area contributed by atoms with E-state index in [1.54, 1.807) is 87.5 Å². The maximum absolute atomic E-state index is 8.86. The van der Waals surface area contributed by atoms with Gasteiger partial charge in [-0.1, -0.05) is 138 Å². The second kappa shape index (κ2) is 35.7. The zero-order valence-corrected chi connectivity index (χ0v) is 42.4. The molecule has 0 spiro atoms. The molecule has 0 aliphatic heterocycles. The van der Waals surface area contributed by atoms with Gasteiger partial charge in [-0.15, -0.1) is 0 Å². The summed E-state index contributed by atoms with van der Waals surface area (Å²) in [4.78, 5) is 25.0. The van der Waals surface area contributed by atoms with Gasteiger partial charge < -0.3 is 0 Å². The molecule has 0 heterocycles. The normalized spacial score (nSPS) is 11.7. The van der Waals surface area contributed by atoms with E-state index < -0.39 is 0 Å². The van der Waals surface area contributed by atoms with Gasteiger partial charge in [0.25, 0.3) is 45.6 Å². The Hall–Kier alpha value is -10.3. The average molecular weight is 1240 g/mol.